The quantitative estimate of drug-likeness (QED) is 0.516. The van der Waals surface area contributed by atoms with Crippen LogP contribution in [0.5, 0.6) is 0 Å². The molecule has 0 aliphatic rings. The molecule has 3 heterocycles. The number of nitrogens with zero attached hydrogens (tertiary/aromatic N) is 1. The number of nitrogens with one attached hydrogen (secondary N) is 1. The fourth-order valence-electron chi connectivity index (χ4n) is 2.27. The maximum atomic E-state index is 4.72. The highest BCUT2D eigenvalue weighted by atomic mass is 32.1. The van der Waals surface area contributed by atoms with Crippen LogP contribution in [0.1, 0.15) is 11.1 Å². The van der Waals surface area contributed by atoms with Gasteiger partial charge in [-0.2, -0.15) is 0 Å². The van der Waals surface area contributed by atoms with Crippen LogP contribution in [0.25, 0.3) is 31.1 Å². The molecule has 0 radical (unpaired) electrons. The Balaban J connectivity index is 1.93. The molecule has 0 spiro atoms. The van der Waals surface area contributed by atoms with E-state index in [2.05, 4.69) is 48.5 Å². The minimum Gasteiger partial charge on any atom is -0.337 e. The SMILES string of the molecule is Cc1cc2nc(-c3cc4sccc4s3)[nH]c2cc1C. The number of hydrogen-bond acceptors (Lipinski definition) is 3. The molecule has 19 heavy (non-hydrogen) atoms. The van der Waals surface area contributed by atoms with Gasteiger partial charge in [0.25, 0.3) is 0 Å². The molecule has 0 aliphatic heterocycles. The standard InChI is InChI=1S/C15H12N2S2/c1-8-5-10-11(6-9(8)2)17-15(16-10)14-7-13-12(19-14)3-4-18-13/h3-7H,1-2H3,(H,16,17). The van der Waals surface area contributed by atoms with Gasteiger partial charge in [-0.3, -0.25) is 0 Å². The van der Waals surface area contributed by atoms with E-state index in [-0.39, 0.29) is 0 Å². The highest BCUT2D eigenvalue weighted by molar-refractivity contribution is 7.28. The first-order chi connectivity index (χ1) is 9.20. The van der Waals surface area contributed by atoms with Crippen LogP contribution >= 0.6 is 22.7 Å². The van der Waals surface area contributed by atoms with Gasteiger partial charge in [0.1, 0.15) is 5.82 Å². The van der Waals surface area contributed by atoms with Gasteiger partial charge < -0.3 is 4.98 Å². The van der Waals surface area contributed by atoms with E-state index < -0.39 is 0 Å². The Morgan fingerprint density at radius 2 is 1.89 bits per heavy atom. The second kappa shape index (κ2) is 3.92. The van der Waals surface area contributed by atoms with Crippen molar-refractivity contribution in [3.63, 3.8) is 0 Å². The predicted molar refractivity (Wildman–Crippen MR) is 84.3 cm³/mol. The number of aromatic amines is 1. The molecule has 0 aliphatic carbocycles. The van der Waals surface area contributed by atoms with Crippen molar-refractivity contribution in [3.8, 4) is 10.7 Å². The van der Waals surface area contributed by atoms with E-state index in [1.165, 1.54) is 25.4 Å². The Bertz CT molecular complexity index is 828. The van der Waals surface area contributed by atoms with Gasteiger partial charge in [0.15, 0.2) is 0 Å². The molecule has 0 saturated heterocycles. The zero-order chi connectivity index (χ0) is 13.0. The average Bonchev–Trinajstić information content (AvgIpc) is 3.01. The third-order valence-electron chi connectivity index (χ3n) is 3.47. The Morgan fingerprint density at radius 1 is 1.05 bits per heavy atom. The van der Waals surface area contributed by atoms with E-state index in [9.17, 15) is 0 Å². The number of thiophene rings is 2. The summed E-state index contributed by atoms with van der Waals surface area (Å²) in [7, 11) is 0. The molecule has 1 N–H and O–H groups in total. The lowest BCUT2D eigenvalue weighted by molar-refractivity contribution is 1.35. The van der Waals surface area contributed by atoms with Crippen molar-refractivity contribution in [3.05, 3.63) is 40.8 Å². The van der Waals surface area contributed by atoms with Crippen LogP contribution in [-0.2, 0) is 0 Å². The number of benzene rings is 1. The highest BCUT2D eigenvalue weighted by Gasteiger charge is 2.10. The largest absolute Gasteiger partial charge is 0.337 e. The van der Waals surface area contributed by atoms with Crippen molar-refractivity contribution in [1.29, 1.82) is 0 Å². The second-order valence-corrected chi connectivity index (χ2v) is 6.83. The first-order valence-electron chi connectivity index (χ1n) is 6.15. The Labute approximate surface area is 118 Å². The molecule has 0 saturated carbocycles. The molecule has 0 atom stereocenters. The summed E-state index contributed by atoms with van der Waals surface area (Å²) in [6.07, 6.45) is 0. The number of hydrogen-bond donors (Lipinski definition) is 1. The van der Waals surface area contributed by atoms with Gasteiger partial charge in [-0.05, 0) is 54.6 Å². The summed E-state index contributed by atoms with van der Waals surface area (Å²) in [6, 6.07) is 8.73. The third-order valence-corrected chi connectivity index (χ3v) is 5.57. The number of fused-ring (bicyclic) bond motifs is 2. The van der Waals surface area contributed by atoms with Crippen LogP contribution < -0.4 is 0 Å². The Hall–Kier alpha value is -1.65. The van der Waals surface area contributed by atoms with Gasteiger partial charge in [0, 0.05) is 9.40 Å². The molecular weight excluding hydrogens is 272 g/mol. The average molecular weight is 284 g/mol. The lowest BCUT2D eigenvalue weighted by Crippen LogP contribution is -1.79. The molecule has 0 bridgehead atoms. The normalized spacial score (nSPS) is 11.7. The van der Waals surface area contributed by atoms with E-state index in [0.29, 0.717) is 0 Å². The number of aromatic nitrogens is 2. The lowest BCUT2D eigenvalue weighted by atomic mass is 10.1. The molecule has 0 amide bonds. The Kier molecular flexibility index (Phi) is 2.31. The summed E-state index contributed by atoms with van der Waals surface area (Å²) >= 11 is 3.58. The van der Waals surface area contributed by atoms with Crippen molar-refractivity contribution >= 4 is 43.1 Å². The van der Waals surface area contributed by atoms with E-state index in [1.807, 2.05) is 0 Å². The molecule has 2 nitrogen and oxygen atoms in total. The second-order valence-electron chi connectivity index (χ2n) is 4.80. The number of H-pyrrole nitrogens is 1. The van der Waals surface area contributed by atoms with Gasteiger partial charge >= 0.3 is 0 Å². The van der Waals surface area contributed by atoms with Gasteiger partial charge in [-0.15, -0.1) is 22.7 Å². The van der Waals surface area contributed by atoms with Crippen LogP contribution in [0.3, 0.4) is 0 Å². The minimum absolute atomic E-state index is 0.980. The molecule has 3 aromatic heterocycles. The van der Waals surface area contributed by atoms with Crippen LogP contribution in [0.15, 0.2) is 29.6 Å². The molecule has 4 heteroatoms. The predicted octanol–water partition coefficient (Wildman–Crippen LogP) is 5.12. The summed E-state index contributed by atoms with van der Waals surface area (Å²) in [4.78, 5) is 9.37. The first-order valence-corrected chi connectivity index (χ1v) is 7.85. The molecule has 1 aromatic carbocycles. The summed E-state index contributed by atoms with van der Waals surface area (Å²) in [5.41, 5.74) is 4.76. The van der Waals surface area contributed by atoms with Crippen molar-refractivity contribution in [2.75, 3.05) is 0 Å². The molecule has 0 fully saturated rings. The lowest BCUT2D eigenvalue weighted by Gasteiger charge is -1.97. The smallest absolute Gasteiger partial charge is 0.148 e. The summed E-state index contributed by atoms with van der Waals surface area (Å²) in [5.74, 6) is 0.980. The molecule has 4 aromatic rings. The summed E-state index contributed by atoms with van der Waals surface area (Å²) in [6.45, 7) is 4.26. The van der Waals surface area contributed by atoms with E-state index in [0.717, 1.165) is 16.9 Å². The van der Waals surface area contributed by atoms with Crippen molar-refractivity contribution < 1.29 is 0 Å². The number of aryl methyl sites for hydroxylation is 2. The molecule has 0 unspecified atom stereocenters. The number of imidazole rings is 1. The zero-order valence-electron chi connectivity index (χ0n) is 10.7. The maximum absolute atomic E-state index is 4.72. The fraction of sp³-hybridized carbons (Fsp3) is 0.133. The van der Waals surface area contributed by atoms with Crippen LogP contribution in [0, 0.1) is 13.8 Å². The fourth-order valence-corrected chi connectivity index (χ4v) is 4.32. The van der Waals surface area contributed by atoms with Gasteiger partial charge in [-0.1, -0.05) is 0 Å². The van der Waals surface area contributed by atoms with E-state index in [1.54, 1.807) is 22.7 Å². The molecule has 94 valence electrons. The molecule has 4 rings (SSSR count). The van der Waals surface area contributed by atoms with Gasteiger partial charge in [0.2, 0.25) is 0 Å². The van der Waals surface area contributed by atoms with Crippen LogP contribution in [0.2, 0.25) is 0 Å². The Morgan fingerprint density at radius 3 is 2.74 bits per heavy atom. The van der Waals surface area contributed by atoms with Crippen LogP contribution in [-0.4, -0.2) is 9.97 Å². The van der Waals surface area contributed by atoms with E-state index in [4.69, 9.17) is 4.98 Å². The minimum atomic E-state index is 0.980. The first kappa shape index (κ1) is 11.2. The van der Waals surface area contributed by atoms with Crippen molar-refractivity contribution in [2.45, 2.75) is 13.8 Å². The van der Waals surface area contributed by atoms with Crippen LogP contribution in [0.4, 0.5) is 0 Å². The molecular formula is C15H12N2S2. The van der Waals surface area contributed by atoms with Gasteiger partial charge in [-0.25, -0.2) is 4.98 Å². The highest BCUT2D eigenvalue weighted by Crippen LogP contribution is 2.35. The van der Waals surface area contributed by atoms with Gasteiger partial charge in [0.05, 0.1) is 15.9 Å². The van der Waals surface area contributed by atoms with Crippen molar-refractivity contribution in [2.24, 2.45) is 0 Å². The summed E-state index contributed by atoms with van der Waals surface area (Å²) in [5, 5.41) is 2.14. The van der Waals surface area contributed by atoms with Crippen molar-refractivity contribution in [1.82, 2.24) is 9.97 Å². The topological polar surface area (TPSA) is 28.7 Å². The third kappa shape index (κ3) is 1.71. The zero-order valence-corrected chi connectivity index (χ0v) is 12.3. The monoisotopic (exact) mass is 284 g/mol. The number of rotatable bonds is 1. The maximum Gasteiger partial charge on any atom is 0.148 e. The summed E-state index contributed by atoms with van der Waals surface area (Å²) < 4.78 is 2.68. The van der Waals surface area contributed by atoms with E-state index >= 15 is 0 Å².